The zero-order chi connectivity index (χ0) is 13.1. The maximum atomic E-state index is 5.44. The fourth-order valence-electron chi connectivity index (χ4n) is 1.91. The van der Waals surface area contributed by atoms with E-state index in [1.807, 2.05) is 0 Å². The molecule has 0 amide bonds. The van der Waals surface area contributed by atoms with Gasteiger partial charge in [-0.15, -0.1) is 0 Å². The van der Waals surface area contributed by atoms with Gasteiger partial charge in [-0.25, -0.2) is 15.8 Å². The second-order valence-electron chi connectivity index (χ2n) is 5.11. The Kier molecular flexibility index (Phi) is 4.40. The third-order valence-corrected chi connectivity index (χ3v) is 3.85. The number of aromatic nitrogens is 2. The van der Waals surface area contributed by atoms with Gasteiger partial charge in [-0.1, -0.05) is 13.8 Å². The molecule has 0 aliphatic heterocycles. The van der Waals surface area contributed by atoms with Crippen LogP contribution in [0.2, 0.25) is 0 Å². The number of halogens is 1. The molecule has 2 rings (SSSR count). The van der Waals surface area contributed by atoms with E-state index >= 15 is 0 Å². The number of nitrogens with one attached hydrogen (secondary N) is 1. The molecule has 6 heteroatoms. The summed E-state index contributed by atoms with van der Waals surface area (Å²) in [5.74, 6) is 7.72. The van der Waals surface area contributed by atoms with Crippen LogP contribution in [0.3, 0.4) is 0 Å². The molecule has 1 heterocycles. The summed E-state index contributed by atoms with van der Waals surface area (Å²) in [5, 5.41) is 0. The van der Waals surface area contributed by atoms with Crippen LogP contribution in [0.1, 0.15) is 33.1 Å². The predicted molar refractivity (Wildman–Crippen MR) is 77.4 cm³/mol. The minimum atomic E-state index is 0.626. The number of anilines is 2. The van der Waals surface area contributed by atoms with E-state index in [4.69, 9.17) is 5.84 Å². The minimum absolute atomic E-state index is 0.626. The van der Waals surface area contributed by atoms with Crippen molar-refractivity contribution in [3.63, 3.8) is 0 Å². The Bertz CT molecular complexity index is 405. The monoisotopic (exact) mass is 313 g/mol. The molecule has 1 aromatic heterocycles. The maximum absolute atomic E-state index is 5.44. The molecule has 100 valence electrons. The molecule has 0 unspecified atom stereocenters. The quantitative estimate of drug-likeness (QED) is 0.624. The molecule has 0 saturated heterocycles. The lowest BCUT2D eigenvalue weighted by molar-refractivity contribution is 0.568. The molecule has 0 bridgehead atoms. The number of nitrogens with two attached hydrogens (primary N) is 1. The summed E-state index contributed by atoms with van der Waals surface area (Å²) >= 11 is 3.54. The molecule has 1 aliphatic rings. The summed E-state index contributed by atoms with van der Waals surface area (Å²) in [4.78, 5) is 10.9. The summed E-state index contributed by atoms with van der Waals surface area (Å²) in [6.45, 7) is 5.52. The lowest BCUT2D eigenvalue weighted by atomic mass is 10.1. The van der Waals surface area contributed by atoms with Gasteiger partial charge in [-0.2, -0.15) is 0 Å². The smallest absolute Gasteiger partial charge is 0.159 e. The summed E-state index contributed by atoms with van der Waals surface area (Å²) in [6.07, 6.45) is 5.22. The van der Waals surface area contributed by atoms with Gasteiger partial charge >= 0.3 is 0 Å². The first-order valence-corrected chi connectivity index (χ1v) is 7.16. The molecule has 3 N–H and O–H groups in total. The fourth-order valence-corrected chi connectivity index (χ4v) is 2.45. The number of rotatable bonds is 6. The van der Waals surface area contributed by atoms with E-state index in [2.05, 4.69) is 50.1 Å². The second kappa shape index (κ2) is 5.84. The zero-order valence-electron chi connectivity index (χ0n) is 10.9. The molecule has 0 aromatic carbocycles. The molecule has 0 radical (unpaired) electrons. The van der Waals surface area contributed by atoms with E-state index in [0.717, 1.165) is 16.8 Å². The van der Waals surface area contributed by atoms with E-state index in [-0.39, 0.29) is 0 Å². The van der Waals surface area contributed by atoms with E-state index in [0.29, 0.717) is 17.8 Å². The standard InChI is InChI=1S/C12H20BrN5/c1-8(2)5-6-18(9-3-4-9)12-10(13)11(17-14)15-7-16-12/h7-9H,3-6,14H2,1-2H3,(H,15,16,17). The Morgan fingerprint density at radius 1 is 1.50 bits per heavy atom. The van der Waals surface area contributed by atoms with Crippen molar-refractivity contribution in [3.05, 3.63) is 10.8 Å². The van der Waals surface area contributed by atoms with Gasteiger partial charge in [0.1, 0.15) is 16.6 Å². The largest absolute Gasteiger partial charge is 0.353 e. The van der Waals surface area contributed by atoms with Crippen LogP contribution in [0.25, 0.3) is 0 Å². The molecular weight excluding hydrogens is 294 g/mol. The lowest BCUT2D eigenvalue weighted by Gasteiger charge is -2.25. The van der Waals surface area contributed by atoms with Gasteiger partial charge in [0.15, 0.2) is 5.82 Å². The van der Waals surface area contributed by atoms with Crippen molar-refractivity contribution < 1.29 is 0 Å². The van der Waals surface area contributed by atoms with Crippen LogP contribution in [0.5, 0.6) is 0 Å². The molecule has 1 saturated carbocycles. The van der Waals surface area contributed by atoms with Gasteiger partial charge in [0.05, 0.1) is 0 Å². The number of hydrazine groups is 1. The van der Waals surface area contributed by atoms with Crippen molar-refractivity contribution >= 4 is 27.6 Å². The van der Waals surface area contributed by atoms with Crippen molar-refractivity contribution in [3.8, 4) is 0 Å². The summed E-state index contributed by atoms with van der Waals surface area (Å²) in [5.41, 5.74) is 2.59. The van der Waals surface area contributed by atoms with Gasteiger partial charge in [-0.05, 0) is 41.1 Å². The second-order valence-corrected chi connectivity index (χ2v) is 5.90. The molecular formula is C12H20BrN5. The van der Waals surface area contributed by atoms with E-state index in [1.165, 1.54) is 19.3 Å². The van der Waals surface area contributed by atoms with Crippen molar-refractivity contribution in [1.82, 2.24) is 9.97 Å². The van der Waals surface area contributed by atoms with Gasteiger partial charge in [-0.3, -0.25) is 0 Å². The lowest BCUT2D eigenvalue weighted by Crippen LogP contribution is -2.29. The Labute approximate surface area is 116 Å². The highest BCUT2D eigenvalue weighted by Crippen LogP contribution is 2.36. The summed E-state index contributed by atoms with van der Waals surface area (Å²) in [6, 6.07) is 0.626. The molecule has 5 nitrogen and oxygen atoms in total. The van der Waals surface area contributed by atoms with Gasteiger partial charge in [0, 0.05) is 12.6 Å². The average Bonchev–Trinajstić information content (AvgIpc) is 3.15. The van der Waals surface area contributed by atoms with Gasteiger partial charge in [0.25, 0.3) is 0 Å². The number of hydrogen-bond donors (Lipinski definition) is 2. The fraction of sp³-hybridized carbons (Fsp3) is 0.667. The number of nitrogen functional groups attached to an aromatic ring is 1. The molecule has 0 spiro atoms. The van der Waals surface area contributed by atoms with E-state index < -0.39 is 0 Å². The van der Waals surface area contributed by atoms with Crippen LogP contribution >= 0.6 is 15.9 Å². The summed E-state index contributed by atoms with van der Waals surface area (Å²) < 4.78 is 0.850. The average molecular weight is 314 g/mol. The van der Waals surface area contributed by atoms with Crippen LogP contribution in [0.4, 0.5) is 11.6 Å². The molecule has 0 atom stereocenters. The van der Waals surface area contributed by atoms with Crippen LogP contribution in [0.15, 0.2) is 10.8 Å². The first-order chi connectivity index (χ1) is 8.63. The SMILES string of the molecule is CC(C)CCN(c1ncnc(NN)c1Br)C1CC1. The predicted octanol–water partition coefficient (Wildman–Crippen LogP) is 2.54. The first kappa shape index (κ1) is 13.5. The molecule has 1 aliphatic carbocycles. The molecule has 18 heavy (non-hydrogen) atoms. The highest BCUT2D eigenvalue weighted by Gasteiger charge is 2.31. The Morgan fingerprint density at radius 3 is 2.78 bits per heavy atom. The number of nitrogens with zero attached hydrogens (tertiary/aromatic N) is 3. The van der Waals surface area contributed by atoms with E-state index in [1.54, 1.807) is 6.33 Å². The van der Waals surface area contributed by atoms with Gasteiger partial charge in [0.2, 0.25) is 0 Å². The highest BCUT2D eigenvalue weighted by molar-refractivity contribution is 9.10. The minimum Gasteiger partial charge on any atom is -0.353 e. The van der Waals surface area contributed by atoms with E-state index in [9.17, 15) is 0 Å². The Morgan fingerprint density at radius 2 is 2.22 bits per heavy atom. The maximum Gasteiger partial charge on any atom is 0.159 e. The highest BCUT2D eigenvalue weighted by atomic mass is 79.9. The van der Waals surface area contributed by atoms with Crippen LogP contribution < -0.4 is 16.2 Å². The molecule has 1 fully saturated rings. The van der Waals surface area contributed by atoms with Crippen LogP contribution in [-0.4, -0.2) is 22.6 Å². The first-order valence-electron chi connectivity index (χ1n) is 6.37. The van der Waals surface area contributed by atoms with Crippen molar-refractivity contribution in [1.29, 1.82) is 0 Å². The van der Waals surface area contributed by atoms with Crippen molar-refractivity contribution in [2.75, 3.05) is 16.9 Å². The Balaban J connectivity index is 2.19. The van der Waals surface area contributed by atoms with Crippen LogP contribution in [-0.2, 0) is 0 Å². The number of hydrogen-bond acceptors (Lipinski definition) is 5. The molecule has 1 aromatic rings. The summed E-state index contributed by atoms with van der Waals surface area (Å²) in [7, 11) is 0. The van der Waals surface area contributed by atoms with Crippen molar-refractivity contribution in [2.24, 2.45) is 11.8 Å². The third-order valence-electron chi connectivity index (χ3n) is 3.11. The normalized spacial score (nSPS) is 14.9. The topological polar surface area (TPSA) is 67.1 Å². The van der Waals surface area contributed by atoms with Crippen molar-refractivity contribution in [2.45, 2.75) is 39.2 Å². The Hall–Kier alpha value is -0.880. The van der Waals surface area contributed by atoms with Crippen LogP contribution in [0, 0.1) is 5.92 Å². The van der Waals surface area contributed by atoms with Gasteiger partial charge < -0.3 is 10.3 Å². The third kappa shape index (κ3) is 3.11. The zero-order valence-corrected chi connectivity index (χ0v) is 12.4.